The molecule has 1 aliphatic carbocycles. The monoisotopic (exact) mass is 414 g/mol. The van der Waals surface area contributed by atoms with E-state index in [2.05, 4.69) is 22.1 Å². The van der Waals surface area contributed by atoms with E-state index in [-0.39, 0.29) is 16.9 Å². The normalized spacial score (nSPS) is 18.0. The van der Waals surface area contributed by atoms with Crippen molar-refractivity contribution in [1.29, 1.82) is 0 Å². The van der Waals surface area contributed by atoms with Gasteiger partial charge in [-0.3, -0.25) is 19.1 Å². The molecule has 2 fully saturated rings. The molecule has 6 heteroatoms. The first kappa shape index (κ1) is 19.7. The van der Waals surface area contributed by atoms with Gasteiger partial charge in [0.25, 0.3) is 5.56 Å². The lowest BCUT2D eigenvalue weighted by Crippen LogP contribution is -2.44. The quantitative estimate of drug-likeness (QED) is 0.643. The van der Waals surface area contributed by atoms with Crippen molar-refractivity contribution in [3.63, 3.8) is 0 Å². The van der Waals surface area contributed by atoms with Crippen molar-refractivity contribution in [1.82, 2.24) is 19.4 Å². The standard InChI is InChI=1S/C25H26N4O2/c30-23-16-22(20-6-12-26-13-7-20)27-18-29(23)17-19-8-14-28(15-9-19)24(31)25(10-11-25)21-4-2-1-3-5-21/h1-7,12-13,16,18-19H,8-11,14-15,17H2. The van der Waals surface area contributed by atoms with Crippen molar-refractivity contribution in [3.05, 3.63) is 83.2 Å². The Morgan fingerprint density at radius 2 is 1.74 bits per heavy atom. The first-order valence-corrected chi connectivity index (χ1v) is 11.0. The number of piperidine rings is 1. The molecule has 0 spiro atoms. The van der Waals surface area contributed by atoms with Crippen molar-refractivity contribution in [2.24, 2.45) is 5.92 Å². The summed E-state index contributed by atoms with van der Waals surface area (Å²) >= 11 is 0. The van der Waals surface area contributed by atoms with Crippen molar-refractivity contribution in [2.45, 2.75) is 37.6 Å². The number of hydrogen-bond donors (Lipinski definition) is 0. The number of carbonyl (C=O) groups is 1. The third-order valence-corrected chi connectivity index (χ3v) is 6.70. The molecule has 1 saturated carbocycles. The van der Waals surface area contributed by atoms with Gasteiger partial charge in [-0.25, -0.2) is 4.98 Å². The number of benzene rings is 1. The number of rotatable bonds is 5. The fourth-order valence-corrected chi connectivity index (χ4v) is 4.65. The Labute approximate surface area is 181 Å². The fraction of sp³-hybridized carbons (Fsp3) is 0.360. The molecular formula is C25H26N4O2. The van der Waals surface area contributed by atoms with E-state index in [1.54, 1.807) is 29.4 Å². The summed E-state index contributed by atoms with van der Waals surface area (Å²) in [4.78, 5) is 36.3. The van der Waals surface area contributed by atoms with E-state index in [9.17, 15) is 9.59 Å². The van der Waals surface area contributed by atoms with E-state index in [1.807, 2.05) is 35.2 Å². The van der Waals surface area contributed by atoms with Crippen LogP contribution in [0.1, 0.15) is 31.2 Å². The lowest BCUT2D eigenvalue weighted by molar-refractivity contribution is -0.135. The molecule has 5 rings (SSSR count). The van der Waals surface area contributed by atoms with Crippen molar-refractivity contribution < 1.29 is 4.79 Å². The molecule has 3 aromatic rings. The smallest absolute Gasteiger partial charge is 0.253 e. The Hall–Kier alpha value is -3.28. The molecule has 1 aromatic carbocycles. The number of pyridine rings is 1. The molecule has 0 unspecified atom stereocenters. The van der Waals surface area contributed by atoms with Crippen molar-refractivity contribution in [2.75, 3.05) is 13.1 Å². The van der Waals surface area contributed by atoms with Gasteiger partial charge in [0, 0.05) is 43.7 Å². The summed E-state index contributed by atoms with van der Waals surface area (Å²) in [6.07, 6.45) is 8.75. The average Bonchev–Trinajstić information content (AvgIpc) is 3.64. The molecule has 1 aliphatic heterocycles. The summed E-state index contributed by atoms with van der Waals surface area (Å²) in [7, 11) is 0. The highest BCUT2D eigenvalue weighted by atomic mass is 16.2. The highest BCUT2D eigenvalue weighted by Crippen LogP contribution is 2.49. The second kappa shape index (κ2) is 8.10. The van der Waals surface area contributed by atoms with Gasteiger partial charge in [0.05, 0.1) is 17.4 Å². The molecule has 31 heavy (non-hydrogen) atoms. The minimum absolute atomic E-state index is 0.0404. The van der Waals surface area contributed by atoms with Gasteiger partial charge in [-0.15, -0.1) is 0 Å². The van der Waals surface area contributed by atoms with Crippen LogP contribution >= 0.6 is 0 Å². The molecular weight excluding hydrogens is 388 g/mol. The number of hydrogen-bond acceptors (Lipinski definition) is 4. The van der Waals surface area contributed by atoms with E-state index in [0.717, 1.165) is 49.9 Å². The molecule has 0 atom stereocenters. The summed E-state index contributed by atoms with van der Waals surface area (Å²) in [6, 6.07) is 15.5. The fourth-order valence-electron chi connectivity index (χ4n) is 4.65. The van der Waals surface area contributed by atoms with Crippen LogP contribution in [0, 0.1) is 5.92 Å². The van der Waals surface area contributed by atoms with Crippen LogP contribution in [0.15, 0.2) is 72.0 Å². The SMILES string of the molecule is O=C(N1CCC(Cn2cnc(-c3ccncc3)cc2=O)CC1)C1(c2ccccc2)CC1. The Kier molecular flexibility index (Phi) is 5.14. The molecule has 1 saturated heterocycles. The maximum absolute atomic E-state index is 13.2. The van der Waals surface area contributed by atoms with Crippen LogP contribution in [0.4, 0.5) is 0 Å². The van der Waals surface area contributed by atoms with Crippen molar-refractivity contribution >= 4 is 5.91 Å². The summed E-state index contributed by atoms with van der Waals surface area (Å²) in [5.74, 6) is 0.653. The summed E-state index contributed by atoms with van der Waals surface area (Å²) in [6.45, 7) is 2.17. The van der Waals surface area contributed by atoms with Gasteiger partial charge >= 0.3 is 0 Å². The summed E-state index contributed by atoms with van der Waals surface area (Å²) in [5, 5.41) is 0. The van der Waals surface area contributed by atoms with Gasteiger partial charge < -0.3 is 4.90 Å². The van der Waals surface area contributed by atoms with Crippen LogP contribution in [-0.2, 0) is 16.8 Å². The lowest BCUT2D eigenvalue weighted by Gasteiger charge is -2.34. The second-order valence-corrected chi connectivity index (χ2v) is 8.68. The Morgan fingerprint density at radius 3 is 2.39 bits per heavy atom. The predicted molar refractivity (Wildman–Crippen MR) is 118 cm³/mol. The van der Waals surface area contributed by atoms with Gasteiger partial charge in [-0.05, 0) is 49.3 Å². The predicted octanol–water partition coefficient (Wildman–Crippen LogP) is 3.28. The Morgan fingerprint density at radius 1 is 1.03 bits per heavy atom. The van der Waals surface area contributed by atoms with Gasteiger partial charge in [0.15, 0.2) is 0 Å². The summed E-state index contributed by atoms with van der Waals surface area (Å²) in [5.41, 5.74) is 2.37. The third-order valence-electron chi connectivity index (χ3n) is 6.70. The zero-order chi connectivity index (χ0) is 21.3. The topological polar surface area (TPSA) is 68.1 Å². The summed E-state index contributed by atoms with van der Waals surface area (Å²) < 4.78 is 1.69. The van der Waals surface area contributed by atoms with Crippen LogP contribution in [0.5, 0.6) is 0 Å². The maximum atomic E-state index is 13.2. The highest BCUT2D eigenvalue weighted by molar-refractivity contribution is 5.91. The number of nitrogens with zero attached hydrogens (tertiary/aromatic N) is 4. The van der Waals surface area contributed by atoms with Crippen LogP contribution in [-0.4, -0.2) is 38.4 Å². The lowest BCUT2D eigenvalue weighted by atomic mass is 9.91. The average molecular weight is 415 g/mol. The molecule has 158 valence electrons. The zero-order valence-electron chi connectivity index (χ0n) is 17.5. The number of aromatic nitrogens is 3. The number of likely N-dealkylation sites (tertiary alicyclic amines) is 1. The van der Waals surface area contributed by atoms with Gasteiger partial charge in [0.2, 0.25) is 5.91 Å². The minimum Gasteiger partial charge on any atom is -0.342 e. The van der Waals surface area contributed by atoms with Gasteiger partial charge in [-0.1, -0.05) is 30.3 Å². The van der Waals surface area contributed by atoms with Crippen molar-refractivity contribution in [3.8, 4) is 11.3 Å². The molecule has 0 N–H and O–H groups in total. The maximum Gasteiger partial charge on any atom is 0.253 e. The molecule has 2 aromatic heterocycles. The van der Waals surface area contributed by atoms with E-state index in [0.29, 0.717) is 18.2 Å². The second-order valence-electron chi connectivity index (χ2n) is 8.68. The van der Waals surface area contributed by atoms with E-state index >= 15 is 0 Å². The third kappa shape index (κ3) is 3.90. The molecule has 2 aliphatic rings. The van der Waals surface area contributed by atoms with Gasteiger partial charge in [0.1, 0.15) is 0 Å². The van der Waals surface area contributed by atoms with Crippen LogP contribution < -0.4 is 5.56 Å². The number of carbonyl (C=O) groups excluding carboxylic acids is 1. The number of amides is 1. The zero-order valence-corrected chi connectivity index (χ0v) is 17.5. The molecule has 0 radical (unpaired) electrons. The molecule has 0 bridgehead atoms. The first-order valence-electron chi connectivity index (χ1n) is 11.0. The first-order chi connectivity index (χ1) is 15.2. The van der Waals surface area contributed by atoms with Gasteiger partial charge in [-0.2, -0.15) is 0 Å². The largest absolute Gasteiger partial charge is 0.342 e. The van der Waals surface area contributed by atoms with E-state index < -0.39 is 0 Å². The van der Waals surface area contributed by atoms with E-state index in [1.165, 1.54) is 0 Å². The Bertz CT molecular complexity index is 1120. The molecule has 6 nitrogen and oxygen atoms in total. The Balaban J connectivity index is 1.21. The van der Waals surface area contributed by atoms with Crippen LogP contribution in [0.3, 0.4) is 0 Å². The highest BCUT2D eigenvalue weighted by Gasteiger charge is 2.53. The minimum atomic E-state index is -0.294. The van der Waals surface area contributed by atoms with E-state index in [4.69, 9.17) is 0 Å². The molecule has 1 amide bonds. The van der Waals surface area contributed by atoms with Crippen LogP contribution in [0.2, 0.25) is 0 Å². The van der Waals surface area contributed by atoms with Crippen LogP contribution in [0.25, 0.3) is 11.3 Å². The molecule has 3 heterocycles.